The van der Waals surface area contributed by atoms with Gasteiger partial charge in [0.05, 0.1) is 12.0 Å². The van der Waals surface area contributed by atoms with E-state index in [1.807, 2.05) is 6.92 Å². The lowest BCUT2D eigenvalue weighted by atomic mass is 10.1. The zero-order valence-corrected chi connectivity index (χ0v) is 18.9. The van der Waals surface area contributed by atoms with Gasteiger partial charge in [0.25, 0.3) is 0 Å². The van der Waals surface area contributed by atoms with Gasteiger partial charge in [0, 0.05) is 31.6 Å². The van der Waals surface area contributed by atoms with Gasteiger partial charge in [0.15, 0.2) is 0 Å². The molecular weight excluding hydrogens is 400 g/mol. The molecule has 0 saturated carbocycles. The summed E-state index contributed by atoms with van der Waals surface area (Å²) in [6, 6.07) is 6.35. The van der Waals surface area contributed by atoms with Crippen LogP contribution in [0.5, 0.6) is 0 Å². The number of carbonyl (C=O) groups excluding carboxylic acids is 1. The van der Waals surface area contributed by atoms with Gasteiger partial charge in [0.2, 0.25) is 0 Å². The van der Waals surface area contributed by atoms with Crippen LogP contribution in [0.2, 0.25) is 0 Å². The largest absolute Gasteiger partial charge is 0.459 e. The van der Waals surface area contributed by atoms with Crippen LogP contribution in [0.3, 0.4) is 0 Å². The number of hydrogen-bond donors (Lipinski definition) is 1. The van der Waals surface area contributed by atoms with Crippen LogP contribution >= 0.6 is 11.3 Å². The Balaban J connectivity index is 1.91. The SMILES string of the molecule is CCN(CC)c1ccc(Nc2ncnc3sc(C(=O)OCCOC)c(C)c23)c(C)c1. The number of esters is 1. The van der Waals surface area contributed by atoms with Gasteiger partial charge < -0.3 is 19.7 Å². The minimum Gasteiger partial charge on any atom is -0.459 e. The zero-order valence-electron chi connectivity index (χ0n) is 18.1. The van der Waals surface area contributed by atoms with Gasteiger partial charge in [-0.15, -0.1) is 11.3 Å². The van der Waals surface area contributed by atoms with Crippen molar-refractivity contribution in [2.24, 2.45) is 0 Å². The smallest absolute Gasteiger partial charge is 0.348 e. The summed E-state index contributed by atoms with van der Waals surface area (Å²) >= 11 is 1.32. The maximum atomic E-state index is 12.5. The van der Waals surface area contributed by atoms with Crippen LogP contribution in [0.4, 0.5) is 17.2 Å². The first-order valence-electron chi connectivity index (χ1n) is 10.0. The third kappa shape index (κ3) is 4.55. The van der Waals surface area contributed by atoms with E-state index in [0.717, 1.165) is 40.1 Å². The van der Waals surface area contributed by atoms with E-state index in [-0.39, 0.29) is 12.6 Å². The van der Waals surface area contributed by atoms with E-state index in [1.54, 1.807) is 7.11 Å². The number of thiophene rings is 1. The standard InChI is InChI=1S/C22H28N4O3S/c1-6-26(7-2)16-8-9-17(14(3)12-16)25-20-18-15(4)19(22(27)29-11-10-28-5)30-21(18)24-13-23-20/h8-9,12-13H,6-7,10-11H2,1-5H3,(H,23,24,25). The number of benzene rings is 1. The highest BCUT2D eigenvalue weighted by Gasteiger charge is 2.20. The van der Waals surface area contributed by atoms with Crippen LogP contribution in [0.15, 0.2) is 24.5 Å². The van der Waals surface area contributed by atoms with Crippen molar-refractivity contribution in [1.29, 1.82) is 0 Å². The van der Waals surface area contributed by atoms with Gasteiger partial charge in [-0.2, -0.15) is 0 Å². The first-order chi connectivity index (χ1) is 14.5. The van der Waals surface area contributed by atoms with E-state index in [2.05, 4.69) is 59.2 Å². The summed E-state index contributed by atoms with van der Waals surface area (Å²) in [6.07, 6.45) is 1.51. The second kappa shape index (κ2) is 9.86. The number of nitrogens with one attached hydrogen (secondary N) is 1. The van der Waals surface area contributed by atoms with Crippen molar-refractivity contribution in [2.45, 2.75) is 27.7 Å². The monoisotopic (exact) mass is 428 g/mol. The molecular formula is C22H28N4O3S. The molecule has 8 heteroatoms. The summed E-state index contributed by atoms with van der Waals surface area (Å²) in [5.41, 5.74) is 4.11. The van der Waals surface area contributed by atoms with E-state index in [9.17, 15) is 4.79 Å². The third-order valence-electron chi connectivity index (χ3n) is 5.02. The Morgan fingerprint density at radius 2 is 1.93 bits per heavy atom. The Morgan fingerprint density at radius 1 is 1.17 bits per heavy atom. The molecule has 0 aliphatic heterocycles. The van der Waals surface area contributed by atoms with E-state index >= 15 is 0 Å². The second-order valence-corrected chi connectivity index (χ2v) is 7.88. The molecule has 1 aromatic carbocycles. The van der Waals surface area contributed by atoms with Crippen molar-refractivity contribution in [1.82, 2.24) is 9.97 Å². The van der Waals surface area contributed by atoms with E-state index in [4.69, 9.17) is 9.47 Å². The third-order valence-corrected chi connectivity index (χ3v) is 6.20. The number of aromatic nitrogens is 2. The first kappa shape index (κ1) is 22.0. The topological polar surface area (TPSA) is 76.6 Å². The van der Waals surface area contributed by atoms with Crippen LogP contribution in [0.1, 0.15) is 34.6 Å². The summed E-state index contributed by atoms with van der Waals surface area (Å²) in [5.74, 6) is 0.321. The Morgan fingerprint density at radius 3 is 2.60 bits per heavy atom. The lowest BCUT2D eigenvalue weighted by Crippen LogP contribution is -2.21. The van der Waals surface area contributed by atoms with Crippen LogP contribution in [0, 0.1) is 13.8 Å². The lowest BCUT2D eigenvalue weighted by Gasteiger charge is -2.22. The predicted octanol–water partition coefficient (Wildman–Crippen LogP) is 4.70. The number of anilines is 3. The van der Waals surface area contributed by atoms with E-state index in [0.29, 0.717) is 17.3 Å². The molecule has 2 aromatic heterocycles. The summed E-state index contributed by atoms with van der Waals surface area (Å²) < 4.78 is 10.2. The second-order valence-electron chi connectivity index (χ2n) is 6.88. The lowest BCUT2D eigenvalue weighted by molar-refractivity contribution is 0.0393. The molecule has 7 nitrogen and oxygen atoms in total. The molecule has 0 bridgehead atoms. The summed E-state index contributed by atoms with van der Waals surface area (Å²) in [6.45, 7) is 10.8. The molecule has 0 spiro atoms. The fraction of sp³-hybridized carbons (Fsp3) is 0.409. The quantitative estimate of drug-likeness (QED) is 0.391. The molecule has 0 atom stereocenters. The Labute approximate surface area is 181 Å². The van der Waals surface area contributed by atoms with E-state index < -0.39 is 0 Å². The molecule has 2 heterocycles. The Hall–Kier alpha value is -2.71. The molecule has 0 radical (unpaired) electrons. The molecule has 0 aliphatic carbocycles. The van der Waals surface area contributed by atoms with Crippen molar-refractivity contribution < 1.29 is 14.3 Å². The molecule has 0 fully saturated rings. The van der Waals surface area contributed by atoms with Gasteiger partial charge in [-0.1, -0.05) is 0 Å². The van der Waals surface area contributed by atoms with Crippen LogP contribution in [-0.4, -0.2) is 49.4 Å². The minimum atomic E-state index is -0.363. The van der Waals surface area contributed by atoms with Crippen molar-refractivity contribution in [3.8, 4) is 0 Å². The highest BCUT2D eigenvalue weighted by atomic mass is 32.1. The summed E-state index contributed by atoms with van der Waals surface area (Å²) in [5, 5.41) is 4.27. The molecule has 0 saturated heterocycles. The van der Waals surface area contributed by atoms with Gasteiger partial charge in [-0.05, 0) is 57.0 Å². The molecule has 0 aliphatic rings. The maximum Gasteiger partial charge on any atom is 0.348 e. The Bertz CT molecular complexity index is 1030. The number of ether oxygens (including phenoxy) is 2. The number of fused-ring (bicyclic) bond motifs is 1. The van der Waals surface area contributed by atoms with Gasteiger partial charge in [-0.3, -0.25) is 0 Å². The summed E-state index contributed by atoms with van der Waals surface area (Å²) in [7, 11) is 1.57. The number of rotatable bonds is 9. The van der Waals surface area contributed by atoms with E-state index in [1.165, 1.54) is 23.4 Å². The first-order valence-corrected chi connectivity index (χ1v) is 10.8. The predicted molar refractivity (Wildman–Crippen MR) is 122 cm³/mol. The molecule has 1 N–H and O–H groups in total. The highest BCUT2D eigenvalue weighted by Crippen LogP contribution is 2.35. The highest BCUT2D eigenvalue weighted by molar-refractivity contribution is 7.20. The van der Waals surface area contributed by atoms with Crippen molar-refractivity contribution in [3.05, 3.63) is 40.5 Å². The summed E-state index contributed by atoms with van der Waals surface area (Å²) in [4.78, 5) is 24.9. The zero-order chi connectivity index (χ0) is 21.7. The molecule has 0 unspecified atom stereocenters. The van der Waals surface area contributed by atoms with Crippen molar-refractivity contribution >= 4 is 44.7 Å². The normalized spacial score (nSPS) is 11.0. The molecule has 0 amide bonds. The number of nitrogens with zero attached hydrogens (tertiary/aromatic N) is 3. The average molecular weight is 429 g/mol. The maximum absolute atomic E-state index is 12.5. The fourth-order valence-corrected chi connectivity index (χ4v) is 4.39. The number of aryl methyl sites for hydroxylation is 2. The van der Waals surface area contributed by atoms with Gasteiger partial charge in [0.1, 0.15) is 28.5 Å². The van der Waals surface area contributed by atoms with Crippen LogP contribution < -0.4 is 10.2 Å². The fourth-order valence-electron chi connectivity index (χ4n) is 3.35. The van der Waals surface area contributed by atoms with Crippen molar-refractivity contribution in [2.75, 3.05) is 43.6 Å². The number of carbonyl (C=O) groups is 1. The molecule has 3 rings (SSSR count). The molecule has 160 valence electrons. The van der Waals surface area contributed by atoms with Crippen LogP contribution in [-0.2, 0) is 9.47 Å². The van der Waals surface area contributed by atoms with Crippen molar-refractivity contribution in [3.63, 3.8) is 0 Å². The van der Waals surface area contributed by atoms with Gasteiger partial charge in [-0.25, -0.2) is 14.8 Å². The van der Waals surface area contributed by atoms with Gasteiger partial charge >= 0.3 is 5.97 Å². The Kier molecular flexibility index (Phi) is 7.23. The number of hydrogen-bond acceptors (Lipinski definition) is 8. The molecule has 3 aromatic rings. The van der Waals surface area contributed by atoms with Crippen LogP contribution in [0.25, 0.3) is 10.2 Å². The average Bonchev–Trinajstić information content (AvgIpc) is 3.08. The molecule has 30 heavy (non-hydrogen) atoms. The number of methoxy groups -OCH3 is 1. The minimum absolute atomic E-state index is 0.220.